The van der Waals surface area contributed by atoms with Gasteiger partial charge in [-0.1, -0.05) is 13.3 Å². The standard InChI is InChI=1S/C14H23N3OS/c1-9(5-3-6-10(2)15)13(18)17-14-16-11-7-4-8-12(11)19-14/h9-10H,3-8,15H2,1-2H3,(H,16,17,18). The highest BCUT2D eigenvalue weighted by molar-refractivity contribution is 7.15. The van der Waals surface area contributed by atoms with Gasteiger partial charge in [-0.25, -0.2) is 4.98 Å². The second kappa shape index (κ2) is 6.48. The number of carbonyl (C=O) groups excluding carboxylic acids is 1. The molecule has 0 aliphatic heterocycles. The van der Waals surface area contributed by atoms with Crippen molar-refractivity contribution in [1.29, 1.82) is 0 Å². The first-order valence-electron chi connectivity index (χ1n) is 7.11. The van der Waals surface area contributed by atoms with Crippen LogP contribution in [0.2, 0.25) is 0 Å². The Hall–Kier alpha value is -0.940. The van der Waals surface area contributed by atoms with Crippen molar-refractivity contribution in [2.75, 3.05) is 5.32 Å². The van der Waals surface area contributed by atoms with E-state index >= 15 is 0 Å². The first kappa shape index (κ1) is 14.5. The van der Waals surface area contributed by atoms with Crippen LogP contribution in [0.4, 0.5) is 5.13 Å². The molecule has 1 aromatic heterocycles. The Balaban J connectivity index is 1.79. The van der Waals surface area contributed by atoms with E-state index in [1.807, 2.05) is 13.8 Å². The van der Waals surface area contributed by atoms with Gasteiger partial charge in [-0.15, -0.1) is 11.3 Å². The Morgan fingerprint density at radius 1 is 1.42 bits per heavy atom. The molecule has 0 saturated heterocycles. The van der Waals surface area contributed by atoms with Crippen LogP contribution in [0.15, 0.2) is 0 Å². The summed E-state index contributed by atoms with van der Waals surface area (Å²) in [5.41, 5.74) is 6.90. The predicted molar refractivity (Wildman–Crippen MR) is 79.4 cm³/mol. The molecular weight excluding hydrogens is 258 g/mol. The molecule has 106 valence electrons. The summed E-state index contributed by atoms with van der Waals surface area (Å²) in [5, 5.41) is 3.72. The highest BCUT2D eigenvalue weighted by Crippen LogP contribution is 2.30. The van der Waals surface area contributed by atoms with Crippen LogP contribution in [-0.2, 0) is 17.6 Å². The summed E-state index contributed by atoms with van der Waals surface area (Å²) in [5.74, 6) is 0.106. The van der Waals surface area contributed by atoms with Gasteiger partial charge in [0.2, 0.25) is 5.91 Å². The van der Waals surface area contributed by atoms with Crippen molar-refractivity contribution in [1.82, 2.24) is 4.98 Å². The van der Waals surface area contributed by atoms with E-state index in [9.17, 15) is 4.79 Å². The van der Waals surface area contributed by atoms with Gasteiger partial charge in [0.05, 0.1) is 5.69 Å². The van der Waals surface area contributed by atoms with Gasteiger partial charge in [-0.3, -0.25) is 4.79 Å². The number of nitrogens with one attached hydrogen (secondary N) is 1. The second-order valence-electron chi connectivity index (χ2n) is 5.54. The normalized spacial score (nSPS) is 17.0. The fraction of sp³-hybridized carbons (Fsp3) is 0.714. The summed E-state index contributed by atoms with van der Waals surface area (Å²) in [4.78, 5) is 17.9. The fourth-order valence-electron chi connectivity index (χ4n) is 2.35. The van der Waals surface area contributed by atoms with Gasteiger partial charge < -0.3 is 11.1 Å². The Labute approximate surface area is 118 Å². The number of nitrogens with two attached hydrogens (primary N) is 1. The Bertz CT molecular complexity index is 420. The minimum Gasteiger partial charge on any atom is -0.328 e. The molecular formula is C14H23N3OS. The first-order chi connectivity index (χ1) is 9.06. The van der Waals surface area contributed by atoms with Crippen LogP contribution in [0, 0.1) is 5.92 Å². The SMILES string of the molecule is CC(N)CCCC(C)C(=O)Nc1nc2c(s1)CCC2. The summed E-state index contributed by atoms with van der Waals surface area (Å²) in [6, 6.07) is 0.220. The molecule has 19 heavy (non-hydrogen) atoms. The van der Waals surface area contributed by atoms with Crippen molar-refractivity contribution >= 4 is 22.4 Å². The summed E-state index contributed by atoms with van der Waals surface area (Å²) in [6.07, 6.45) is 6.25. The molecule has 4 nitrogen and oxygen atoms in total. The lowest BCUT2D eigenvalue weighted by Gasteiger charge is -2.11. The highest BCUT2D eigenvalue weighted by Gasteiger charge is 2.19. The molecule has 3 N–H and O–H groups in total. The van der Waals surface area contributed by atoms with E-state index in [4.69, 9.17) is 5.73 Å². The Morgan fingerprint density at radius 2 is 2.21 bits per heavy atom. The lowest BCUT2D eigenvalue weighted by Crippen LogP contribution is -2.21. The number of fused-ring (bicyclic) bond motifs is 1. The molecule has 0 radical (unpaired) electrons. The van der Waals surface area contributed by atoms with Gasteiger partial charge in [0, 0.05) is 16.8 Å². The minimum absolute atomic E-state index is 0.0255. The van der Waals surface area contributed by atoms with E-state index in [2.05, 4.69) is 10.3 Å². The second-order valence-corrected chi connectivity index (χ2v) is 6.62. The van der Waals surface area contributed by atoms with Gasteiger partial charge in [-0.05, 0) is 39.0 Å². The summed E-state index contributed by atoms with van der Waals surface area (Å²) in [6.45, 7) is 3.97. The quantitative estimate of drug-likeness (QED) is 0.842. The van der Waals surface area contributed by atoms with E-state index in [1.165, 1.54) is 17.0 Å². The number of anilines is 1. The van der Waals surface area contributed by atoms with Gasteiger partial charge >= 0.3 is 0 Å². The number of aryl methyl sites for hydroxylation is 2. The number of hydrogen-bond donors (Lipinski definition) is 2. The van der Waals surface area contributed by atoms with Gasteiger partial charge in [0.15, 0.2) is 5.13 Å². The zero-order valence-corrected chi connectivity index (χ0v) is 12.6. The average Bonchev–Trinajstić information content (AvgIpc) is 2.88. The van der Waals surface area contributed by atoms with E-state index < -0.39 is 0 Å². The molecule has 0 spiro atoms. The number of nitrogens with zero attached hydrogens (tertiary/aromatic N) is 1. The maximum absolute atomic E-state index is 12.0. The Morgan fingerprint density at radius 3 is 2.89 bits per heavy atom. The van der Waals surface area contributed by atoms with Crippen LogP contribution >= 0.6 is 11.3 Å². The zero-order chi connectivity index (χ0) is 13.8. The smallest absolute Gasteiger partial charge is 0.228 e. The van der Waals surface area contributed by atoms with Crippen molar-refractivity contribution in [2.45, 2.75) is 58.4 Å². The summed E-state index contributed by atoms with van der Waals surface area (Å²) >= 11 is 1.63. The molecule has 0 fully saturated rings. The maximum atomic E-state index is 12.0. The molecule has 1 heterocycles. The predicted octanol–water partition coefficient (Wildman–Crippen LogP) is 2.72. The van der Waals surface area contributed by atoms with Gasteiger partial charge in [0.1, 0.15) is 0 Å². The van der Waals surface area contributed by atoms with E-state index in [1.54, 1.807) is 11.3 Å². The number of thiazole rings is 1. The highest BCUT2D eigenvalue weighted by atomic mass is 32.1. The molecule has 2 atom stereocenters. The average molecular weight is 281 g/mol. The van der Waals surface area contributed by atoms with Crippen molar-refractivity contribution in [3.63, 3.8) is 0 Å². The first-order valence-corrected chi connectivity index (χ1v) is 7.93. The van der Waals surface area contributed by atoms with E-state index in [0.717, 1.165) is 37.2 Å². The molecule has 5 heteroatoms. The third-order valence-electron chi connectivity index (χ3n) is 3.57. The zero-order valence-electron chi connectivity index (χ0n) is 11.7. The van der Waals surface area contributed by atoms with Crippen LogP contribution in [-0.4, -0.2) is 16.9 Å². The number of aromatic nitrogens is 1. The molecule has 1 aromatic rings. The minimum atomic E-state index is 0.0255. The summed E-state index contributed by atoms with van der Waals surface area (Å²) in [7, 11) is 0. The lowest BCUT2D eigenvalue weighted by molar-refractivity contribution is -0.119. The topological polar surface area (TPSA) is 68.0 Å². The fourth-order valence-corrected chi connectivity index (χ4v) is 3.40. The molecule has 1 aliphatic carbocycles. The lowest BCUT2D eigenvalue weighted by atomic mass is 10.0. The maximum Gasteiger partial charge on any atom is 0.228 e. The van der Waals surface area contributed by atoms with Crippen molar-refractivity contribution in [3.05, 3.63) is 10.6 Å². The number of amides is 1. The van der Waals surface area contributed by atoms with Crippen LogP contribution in [0.25, 0.3) is 0 Å². The monoisotopic (exact) mass is 281 g/mol. The van der Waals surface area contributed by atoms with Crippen molar-refractivity contribution in [3.8, 4) is 0 Å². The van der Waals surface area contributed by atoms with Gasteiger partial charge in [0.25, 0.3) is 0 Å². The van der Waals surface area contributed by atoms with E-state index in [0.29, 0.717) is 0 Å². The number of rotatable bonds is 6. The number of hydrogen-bond acceptors (Lipinski definition) is 4. The third kappa shape index (κ3) is 4.01. The number of carbonyl (C=O) groups is 1. The molecule has 1 amide bonds. The molecule has 0 bridgehead atoms. The molecule has 2 rings (SSSR count). The summed E-state index contributed by atoms with van der Waals surface area (Å²) < 4.78 is 0. The van der Waals surface area contributed by atoms with Crippen molar-refractivity contribution in [2.24, 2.45) is 11.7 Å². The third-order valence-corrected chi connectivity index (χ3v) is 4.64. The molecule has 2 unspecified atom stereocenters. The van der Waals surface area contributed by atoms with Crippen LogP contribution < -0.4 is 11.1 Å². The van der Waals surface area contributed by atoms with E-state index in [-0.39, 0.29) is 17.9 Å². The molecule has 0 saturated carbocycles. The molecule has 1 aliphatic rings. The molecule has 0 aromatic carbocycles. The largest absolute Gasteiger partial charge is 0.328 e. The van der Waals surface area contributed by atoms with Crippen LogP contribution in [0.3, 0.4) is 0 Å². The van der Waals surface area contributed by atoms with Gasteiger partial charge in [-0.2, -0.15) is 0 Å². The van der Waals surface area contributed by atoms with Crippen LogP contribution in [0.5, 0.6) is 0 Å². The van der Waals surface area contributed by atoms with Crippen molar-refractivity contribution < 1.29 is 4.79 Å². The Kier molecular flexibility index (Phi) is 4.93. The van der Waals surface area contributed by atoms with Crippen LogP contribution in [0.1, 0.15) is 50.1 Å².